The third kappa shape index (κ3) is 2.60. The van der Waals surface area contributed by atoms with Crippen molar-refractivity contribution in [2.45, 2.75) is 12.8 Å². The van der Waals surface area contributed by atoms with E-state index in [2.05, 4.69) is 14.9 Å². The molecule has 6 nitrogen and oxygen atoms in total. The van der Waals surface area contributed by atoms with Crippen LogP contribution in [-0.2, 0) is 11.2 Å². The second kappa shape index (κ2) is 4.65. The summed E-state index contributed by atoms with van der Waals surface area (Å²) in [5.41, 5.74) is 1.73. The molecule has 1 heterocycles. The quantitative estimate of drug-likeness (QED) is 0.831. The first kappa shape index (κ1) is 11.1. The van der Waals surface area contributed by atoms with Crippen LogP contribution in [0.2, 0.25) is 0 Å². The molecule has 0 aliphatic heterocycles. The molecule has 0 aliphatic rings. The summed E-state index contributed by atoms with van der Waals surface area (Å²) in [7, 11) is 0. The summed E-state index contributed by atoms with van der Waals surface area (Å²) in [5.74, 6) is -0.748. The number of aromatic hydroxyl groups is 1. The van der Waals surface area contributed by atoms with Gasteiger partial charge in [0.05, 0.1) is 6.42 Å². The number of benzene rings is 1. The third-order valence-electron chi connectivity index (χ3n) is 2.27. The van der Waals surface area contributed by atoms with Gasteiger partial charge in [0, 0.05) is 12.0 Å². The Hall–Kier alpha value is -2.37. The zero-order chi connectivity index (χ0) is 12.3. The molecule has 0 aliphatic carbocycles. The summed E-state index contributed by atoms with van der Waals surface area (Å²) < 4.78 is 4.61. The van der Waals surface area contributed by atoms with Gasteiger partial charge in [0.15, 0.2) is 0 Å². The van der Waals surface area contributed by atoms with Crippen LogP contribution in [0.15, 0.2) is 28.9 Å². The lowest BCUT2D eigenvalue weighted by molar-refractivity contribution is -0.136. The molecule has 0 fully saturated rings. The van der Waals surface area contributed by atoms with Crippen molar-refractivity contribution in [2.24, 2.45) is 0 Å². The van der Waals surface area contributed by atoms with Gasteiger partial charge in [-0.25, -0.2) is 4.63 Å². The maximum atomic E-state index is 10.5. The molecule has 88 valence electrons. The molecular formula is C11H10N2O4. The molecule has 2 N–H and O–H groups in total. The number of phenolic OH excluding ortho intramolecular Hbond substituents is 1. The summed E-state index contributed by atoms with van der Waals surface area (Å²) in [6.07, 6.45) is 0.230. The van der Waals surface area contributed by atoms with Gasteiger partial charge in [0.2, 0.25) is 0 Å². The van der Waals surface area contributed by atoms with Gasteiger partial charge in [0.25, 0.3) is 0 Å². The first-order valence-corrected chi connectivity index (χ1v) is 4.99. The van der Waals surface area contributed by atoms with Crippen molar-refractivity contribution in [3.8, 4) is 17.0 Å². The van der Waals surface area contributed by atoms with E-state index in [4.69, 9.17) is 10.2 Å². The topological polar surface area (TPSA) is 96.5 Å². The van der Waals surface area contributed by atoms with Gasteiger partial charge in [-0.2, -0.15) is 0 Å². The van der Waals surface area contributed by atoms with E-state index >= 15 is 0 Å². The van der Waals surface area contributed by atoms with Crippen molar-refractivity contribution in [1.82, 2.24) is 10.3 Å². The van der Waals surface area contributed by atoms with E-state index in [1.165, 1.54) is 12.1 Å². The van der Waals surface area contributed by atoms with Crippen LogP contribution in [0.4, 0.5) is 0 Å². The maximum Gasteiger partial charge on any atom is 0.303 e. The average Bonchev–Trinajstić information content (AvgIpc) is 2.75. The van der Waals surface area contributed by atoms with Crippen LogP contribution < -0.4 is 0 Å². The number of carboxylic acid groups (broad SMARTS) is 1. The molecule has 6 heteroatoms. The maximum absolute atomic E-state index is 10.5. The van der Waals surface area contributed by atoms with Gasteiger partial charge in [-0.15, -0.1) is 0 Å². The van der Waals surface area contributed by atoms with E-state index in [0.29, 0.717) is 11.4 Å². The number of nitrogens with zero attached hydrogens (tertiary/aromatic N) is 2. The highest BCUT2D eigenvalue weighted by Crippen LogP contribution is 2.23. The lowest BCUT2D eigenvalue weighted by Crippen LogP contribution is -1.98. The van der Waals surface area contributed by atoms with Crippen molar-refractivity contribution in [1.29, 1.82) is 0 Å². The van der Waals surface area contributed by atoms with E-state index < -0.39 is 5.97 Å². The fraction of sp³-hybridized carbons (Fsp3) is 0.182. The molecule has 0 atom stereocenters. The number of aliphatic carboxylic acids is 1. The predicted molar refractivity (Wildman–Crippen MR) is 57.4 cm³/mol. The minimum Gasteiger partial charge on any atom is -0.508 e. The number of carbonyl (C=O) groups is 1. The minimum atomic E-state index is -0.898. The molecule has 0 bridgehead atoms. The van der Waals surface area contributed by atoms with Crippen molar-refractivity contribution in [2.75, 3.05) is 0 Å². The van der Waals surface area contributed by atoms with Gasteiger partial charge in [-0.05, 0) is 29.4 Å². The number of hydrogen-bond acceptors (Lipinski definition) is 5. The normalized spacial score (nSPS) is 10.4. The fourth-order valence-corrected chi connectivity index (χ4v) is 1.43. The van der Waals surface area contributed by atoms with Crippen LogP contribution in [0.1, 0.15) is 12.1 Å². The van der Waals surface area contributed by atoms with Gasteiger partial charge >= 0.3 is 5.97 Å². The molecule has 2 aromatic rings. The lowest BCUT2D eigenvalue weighted by atomic mass is 10.1. The molecule has 1 aromatic heterocycles. The lowest BCUT2D eigenvalue weighted by Gasteiger charge is -1.98. The summed E-state index contributed by atoms with van der Waals surface area (Å²) in [6, 6.07) is 6.37. The van der Waals surface area contributed by atoms with Crippen molar-refractivity contribution in [3.63, 3.8) is 0 Å². The monoisotopic (exact) mass is 234 g/mol. The van der Waals surface area contributed by atoms with Crippen molar-refractivity contribution in [3.05, 3.63) is 30.0 Å². The summed E-state index contributed by atoms with van der Waals surface area (Å²) >= 11 is 0. The van der Waals surface area contributed by atoms with E-state index in [1.807, 2.05) is 0 Å². The number of aryl methyl sites for hydroxylation is 1. The van der Waals surface area contributed by atoms with Crippen molar-refractivity contribution >= 4 is 5.97 Å². The largest absolute Gasteiger partial charge is 0.508 e. The predicted octanol–water partition coefficient (Wildman–Crippen LogP) is 1.46. The van der Waals surface area contributed by atoms with Gasteiger partial charge in [-0.1, -0.05) is 5.16 Å². The number of phenols is 1. The summed E-state index contributed by atoms with van der Waals surface area (Å²) in [6.45, 7) is 0. The van der Waals surface area contributed by atoms with Crippen LogP contribution in [0, 0.1) is 0 Å². The molecule has 0 saturated heterocycles. The number of hydrogen-bond donors (Lipinski definition) is 2. The first-order chi connectivity index (χ1) is 8.16. The average molecular weight is 234 g/mol. The molecule has 1 aromatic carbocycles. The van der Waals surface area contributed by atoms with Crippen LogP contribution in [0.5, 0.6) is 5.75 Å². The molecule has 0 amide bonds. The Morgan fingerprint density at radius 2 is 1.94 bits per heavy atom. The van der Waals surface area contributed by atoms with Crippen LogP contribution >= 0.6 is 0 Å². The van der Waals surface area contributed by atoms with Gasteiger partial charge in [-0.3, -0.25) is 4.79 Å². The molecule has 2 rings (SSSR count). The summed E-state index contributed by atoms with van der Waals surface area (Å²) in [4.78, 5) is 10.5. The zero-order valence-corrected chi connectivity index (χ0v) is 8.83. The standard InChI is InChI=1S/C11H10N2O4/c14-8-3-1-7(2-4-8)11-9(12-17-13-11)5-6-10(15)16/h1-4,14H,5-6H2,(H,15,16). The van der Waals surface area contributed by atoms with Crippen LogP contribution in [-0.4, -0.2) is 26.5 Å². The van der Waals surface area contributed by atoms with Crippen molar-refractivity contribution < 1.29 is 19.6 Å². The highest BCUT2D eigenvalue weighted by atomic mass is 16.6. The Bertz CT molecular complexity index is 519. The van der Waals surface area contributed by atoms with E-state index in [1.54, 1.807) is 12.1 Å². The van der Waals surface area contributed by atoms with E-state index in [9.17, 15) is 4.79 Å². The summed E-state index contributed by atoms with van der Waals surface area (Å²) in [5, 5.41) is 25.2. The Morgan fingerprint density at radius 1 is 1.24 bits per heavy atom. The first-order valence-electron chi connectivity index (χ1n) is 4.99. The SMILES string of the molecule is O=C(O)CCc1nonc1-c1ccc(O)cc1. The molecule has 17 heavy (non-hydrogen) atoms. The molecule has 0 unspecified atom stereocenters. The zero-order valence-electron chi connectivity index (χ0n) is 8.83. The van der Waals surface area contributed by atoms with E-state index in [-0.39, 0.29) is 18.6 Å². The van der Waals surface area contributed by atoms with Crippen LogP contribution in [0.25, 0.3) is 11.3 Å². The van der Waals surface area contributed by atoms with Gasteiger partial charge in [0.1, 0.15) is 17.1 Å². The fourth-order valence-electron chi connectivity index (χ4n) is 1.43. The number of aromatic nitrogens is 2. The molecule has 0 spiro atoms. The smallest absolute Gasteiger partial charge is 0.303 e. The Kier molecular flexibility index (Phi) is 3.04. The Balaban J connectivity index is 2.24. The third-order valence-corrected chi connectivity index (χ3v) is 2.27. The molecule has 0 radical (unpaired) electrons. The van der Waals surface area contributed by atoms with Gasteiger partial charge < -0.3 is 10.2 Å². The number of rotatable bonds is 4. The number of carboxylic acids is 1. The molecular weight excluding hydrogens is 224 g/mol. The Labute approximate surface area is 96.5 Å². The highest BCUT2D eigenvalue weighted by Gasteiger charge is 2.13. The highest BCUT2D eigenvalue weighted by molar-refractivity contribution is 5.68. The Morgan fingerprint density at radius 3 is 2.59 bits per heavy atom. The second-order valence-electron chi connectivity index (χ2n) is 3.50. The van der Waals surface area contributed by atoms with Crippen LogP contribution in [0.3, 0.4) is 0 Å². The van der Waals surface area contributed by atoms with E-state index in [0.717, 1.165) is 5.56 Å². The molecule has 0 saturated carbocycles. The minimum absolute atomic E-state index is 0.0285. The second-order valence-corrected chi connectivity index (χ2v) is 3.50.